The zero-order valence-electron chi connectivity index (χ0n) is 13.3. The fourth-order valence-electron chi connectivity index (χ4n) is 2.67. The van der Waals surface area contributed by atoms with Crippen LogP contribution in [0.25, 0.3) is 21.6 Å². The number of nitrogens with zero attached hydrogens (tertiary/aromatic N) is 4. The highest BCUT2D eigenvalue weighted by Gasteiger charge is 2.12. The number of thiophene rings is 1. The molecule has 120 valence electrons. The van der Waals surface area contributed by atoms with Crippen molar-refractivity contribution < 1.29 is 0 Å². The lowest BCUT2D eigenvalue weighted by molar-refractivity contribution is 0.560. The van der Waals surface area contributed by atoms with E-state index in [0.717, 1.165) is 34.0 Å². The molecule has 0 spiro atoms. The van der Waals surface area contributed by atoms with Crippen LogP contribution in [0.2, 0.25) is 0 Å². The largest absolute Gasteiger partial charge is 0.365 e. The molecular formula is C18H17N5S. The van der Waals surface area contributed by atoms with E-state index in [0.29, 0.717) is 0 Å². The van der Waals surface area contributed by atoms with Crippen molar-refractivity contribution in [1.29, 1.82) is 0 Å². The van der Waals surface area contributed by atoms with Crippen molar-refractivity contribution >= 4 is 28.1 Å². The summed E-state index contributed by atoms with van der Waals surface area (Å²) in [6.45, 7) is 2.91. The van der Waals surface area contributed by atoms with Crippen LogP contribution in [0.1, 0.15) is 6.92 Å². The van der Waals surface area contributed by atoms with Gasteiger partial charge in [0.05, 0.1) is 16.9 Å². The van der Waals surface area contributed by atoms with Gasteiger partial charge in [-0.25, -0.2) is 9.97 Å². The van der Waals surface area contributed by atoms with Crippen molar-refractivity contribution in [3.63, 3.8) is 0 Å². The van der Waals surface area contributed by atoms with Crippen LogP contribution in [-0.4, -0.2) is 25.8 Å². The number of hydrogen-bond acceptors (Lipinski definition) is 5. The van der Waals surface area contributed by atoms with E-state index in [1.165, 1.54) is 0 Å². The number of aromatic nitrogens is 4. The average Bonchev–Trinajstić information content (AvgIpc) is 3.28. The molecule has 0 amide bonds. The van der Waals surface area contributed by atoms with E-state index >= 15 is 0 Å². The second-order valence-electron chi connectivity index (χ2n) is 5.66. The topological polar surface area (TPSA) is 55.6 Å². The molecular weight excluding hydrogens is 318 g/mol. The molecule has 5 nitrogen and oxygen atoms in total. The van der Waals surface area contributed by atoms with Gasteiger partial charge >= 0.3 is 0 Å². The Morgan fingerprint density at radius 2 is 2.04 bits per heavy atom. The summed E-state index contributed by atoms with van der Waals surface area (Å²) in [5.41, 5.74) is 0.949. The van der Waals surface area contributed by atoms with Gasteiger partial charge in [0.25, 0.3) is 0 Å². The van der Waals surface area contributed by atoms with Gasteiger partial charge in [-0.1, -0.05) is 18.2 Å². The Labute approximate surface area is 144 Å². The van der Waals surface area contributed by atoms with E-state index < -0.39 is 0 Å². The summed E-state index contributed by atoms with van der Waals surface area (Å²) in [5.74, 6) is 1.63. The molecule has 1 atom stereocenters. The minimum absolute atomic E-state index is 0.194. The number of benzene rings is 1. The summed E-state index contributed by atoms with van der Waals surface area (Å²) in [5, 5.41) is 10.9. The van der Waals surface area contributed by atoms with E-state index in [4.69, 9.17) is 9.97 Å². The lowest BCUT2D eigenvalue weighted by atomic mass is 10.2. The smallest absolute Gasteiger partial charge is 0.172 e. The lowest BCUT2D eigenvalue weighted by Gasteiger charge is -2.16. The van der Waals surface area contributed by atoms with E-state index in [-0.39, 0.29) is 6.04 Å². The number of hydrogen-bond donors (Lipinski definition) is 1. The highest BCUT2D eigenvalue weighted by Crippen LogP contribution is 2.27. The minimum atomic E-state index is 0.194. The van der Waals surface area contributed by atoms with Gasteiger partial charge in [-0.15, -0.1) is 11.3 Å². The molecule has 0 aliphatic rings. The Kier molecular flexibility index (Phi) is 3.96. The Morgan fingerprint density at radius 1 is 1.12 bits per heavy atom. The van der Waals surface area contributed by atoms with Gasteiger partial charge in [-0.3, -0.25) is 4.68 Å². The highest BCUT2D eigenvalue weighted by molar-refractivity contribution is 7.13. The maximum atomic E-state index is 4.77. The number of rotatable bonds is 5. The van der Waals surface area contributed by atoms with Gasteiger partial charge in [0.2, 0.25) is 0 Å². The monoisotopic (exact) mass is 335 g/mol. The first-order chi connectivity index (χ1) is 11.8. The van der Waals surface area contributed by atoms with Gasteiger partial charge in [-0.05, 0) is 36.6 Å². The minimum Gasteiger partial charge on any atom is -0.365 e. The molecule has 0 bridgehead atoms. The molecule has 0 unspecified atom stereocenters. The fraction of sp³-hybridized carbons (Fsp3) is 0.167. The standard InChI is InChI=1S/C18H17N5S/c1-13(12-23-10-5-9-19-23)20-17-14-6-2-3-7-15(14)21-18(22-17)16-8-4-11-24-16/h2-11,13H,12H2,1H3,(H,20,21,22)/t13-/m0/s1. The lowest BCUT2D eigenvalue weighted by Crippen LogP contribution is -2.23. The Bertz CT molecular complexity index is 931. The Morgan fingerprint density at radius 3 is 2.83 bits per heavy atom. The quantitative estimate of drug-likeness (QED) is 0.598. The second kappa shape index (κ2) is 6.41. The zero-order valence-corrected chi connectivity index (χ0v) is 14.1. The molecule has 1 N–H and O–H groups in total. The fourth-order valence-corrected chi connectivity index (χ4v) is 3.33. The first kappa shape index (κ1) is 14.8. The van der Waals surface area contributed by atoms with Gasteiger partial charge < -0.3 is 5.32 Å². The van der Waals surface area contributed by atoms with Crippen molar-refractivity contribution in [3.05, 3.63) is 60.2 Å². The van der Waals surface area contributed by atoms with Crippen LogP contribution >= 0.6 is 11.3 Å². The van der Waals surface area contributed by atoms with E-state index in [1.807, 2.05) is 52.7 Å². The van der Waals surface area contributed by atoms with Crippen molar-refractivity contribution in [2.45, 2.75) is 19.5 Å². The molecule has 24 heavy (non-hydrogen) atoms. The van der Waals surface area contributed by atoms with E-state index in [2.05, 4.69) is 23.4 Å². The van der Waals surface area contributed by atoms with Crippen LogP contribution in [0.15, 0.2) is 60.2 Å². The molecule has 0 saturated carbocycles. The molecule has 3 heterocycles. The molecule has 0 aliphatic carbocycles. The summed E-state index contributed by atoms with van der Waals surface area (Å²) in [4.78, 5) is 10.5. The average molecular weight is 335 g/mol. The van der Waals surface area contributed by atoms with Gasteiger partial charge in [0.1, 0.15) is 5.82 Å². The number of anilines is 1. The van der Waals surface area contributed by atoms with Crippen LogP contribution in [0.5, 0.6) is 0 Å². The molecule has 0 fully saturated rings. The molecule has 6 heteroatoms. The summed E-state index contributed by atoms with van der Waals surface area (Å²) < 4.78 is 1.92. The molecule has 4 rings (SSSR count). The molecule has 0 radical (unpaired) electrons. The van der Waals surface area contributed by atoms with Gasteiger partial charge in [-0.2, -0.15) is 5.10 Å². The maximum Gasteiger partial charge on any atom is 0.172 e. The van der Waals surface area contributed by atoms with Gasteiger partial charge in [0.15, 0.2) is 5.82 Å². The maximum absolute atomic E-state index is 4.77. The van der Waals surface area contributed by atoms with Crippen LogP contribution in [0.4, 0.5) is 5.82 Å². The third-order valence-corrected chi connectivity index (χ3v) is 4.61. The summed E-state index contributed by atoms with van der Waals surface area (Å²) in [6, 6.07) is 14.3. The highest BCUT2D eigenvalue weighted by atomic mass is 32.1. The van der Waals surface area contributed by atoms with Gasteiger partial charge in [0, 0.05) is 23.8 Å². The molecule has 1 aromatic carbocycles. The third kappa shape index (κ3) is 3.00. The number of nitrogens with one attached hydrogen (secondary N) is 1. The molecule has 3 aromatic heterocycles. The van der Waals surface area contributed by atoms with Crippen molar-refractivity contribution in [1.82, 2.24) is 19.7 Å². The van der Waals surface area contributed by atoms with Crippen LogP contribution < -0.4 is 5.32 Å². The molecule has 4 aromatic rings. The van der Waals surface area contributed by atoms with E-state index in [9.17, 15) is 0 Å². The summed E-state index contributed by atoms with van der Waals surface area (Å²) >= 11 is 1.65. The normalized spacial score (nSPS) is 12.4. The SMILES string of the molecule is C[C@@H](Cn1cccn1)Nc1nc(-c2cccs2)nc2ccccc12. The molecule has 0 aliphatic heterocycles. The summed E-state index contributed by atoms with van der Waals surface area (Å²) in [7, 11) is 0. The Hall–Kier alpha value is -2.73. The van der Waals surface area contributed by atoms with Crippen molar-refractivity contribution in [3.8, 4) is 10.7 Å². The Balaban J connectivity index is 1.70. The first-order valence-electron chi connectivity index (χ1n) is 7.84. The predicted octanol–water partition coefficient (Wildman–Crippen LogP) is 4.06. The first-order valence-corrected chi connectivity index (χ1v) is 8.72. The number of fused-ring (bicyclic) bond motifs is 1. The van der Waals surface area contributed by atoms with Crippen LogP contribution in [-0.2, 0) is 6.54 Å². The van der Waals surface area contributed by atoms with Crippen LogP contribution in [0.3, 0.4) is 0 Å². The van der Waals surface area contributed by atoms with Crippen LogP contribution in [0, 0.1) is 0 Å². The predicted molar refractivity (Wildman–Crippen MR) is 98.2 cm³/mol. The number of para-hydroxylation sites is 1. The third-order valence-electron chi connectivity index (χ3n) is 3.75. The second-order valence-corrected chi connectivity index (χ2v) is 6.61. The summed E-state index contributed by atoms with van der Waals surface area (Å²) in [6.07, 6.45) is 3.76. The molecule has 0 saturated heterocycles. The van der Waals surface area contributed by atoms with Crippen molar-refractivity contribution in [2.75, 3.05) is 5.32 Å². The van der Waals surface area contributed by atoms with E-state index in [1.54, 1.807) is 17.5 Å². The zero-order chi connectivity index (χ0) is 16.4. The van der Waals surface area contributed by atoms with Crippen molar-refractivity contribution in [2.24, 2.45) is 0 Å².